The van der Waals surface area contributed by atoms with Crippen LogP contribution in [0.25, 0.3) is 0 Å². The highest BCUT2D eigenvalue weighted by molar-refractivity contribution is 7.89. The summed E-state index contributed by atoms with van der Waals surface area (Å²) >= 11 is 7.44. The molecule has 2 heterocycles. The van der Waals surface area contributed by atoms with Gasteiger partial charge in [0.1, 0.15) is 0 Å². The quantitative estimate of drug-likeness (QED) is 0.368. The van der Waals surface area contributed by atoms with Gasteiger partial charge in [-0.2, -0.15) is 4.31 Å². The van der Waals surface area contributed by atoms with E-state index in [1.807, 2.05) is 29.6 Å². The van der Waals surface area contributed by atoms with E-state index in [0.717, 1.165) is 14.7 Å². The fraction of sp³-hybridized carbons (Fsp3) is 0.208. The normalized spacial score (nSPS) is 12.6. The van der Waals surface area contributed by atoms with E-state index in [1.54, 1.807) is 11.0 Å². The molecule has 0 saturated heterocycles. The molecule has 4 rings (SSSR count). The molecule has 0 fully saturated rings. The third kappa shape index (κ3) is 5.61. The second-order valence-corrected chi connectivity index (χ2v) is 11.0. The van der Waals surface area contributed by atoms with Crippen molar-refractivity contribution in [2.45, 2.75) is 18.0 Å². The number of carbonyl (C=O) groups is 1. The Hall–Kier alpha value is -2.85. The molecule has 0 spiro atoms. The molecule has 178 valence electrons. The maximum Gasteiger partial charge on any atom is 0.243 e. The number of benzene rings is 2. The average Bonchev–Trinajstić information content (AvgIpc) is 3.50. The molecule has 0 bridgehead atoms. The summed E-state index contributed by atoms with van der Waals surface area (Å²) in [6.07, 6.45) is 1.46. The van der Waals surface area contributed by atoms with E-state index in [9.17, 15) is 13.2 Å². The second kappa shape index (κ2) is 10.6. The number of sulfonamides is 1. The van der Waals surface area contributed by atoms with Crippen LogP contribution in [0, 0.1) is 0 Å². The Bertz CT molecular complexity index is 1260. The minimum atomic E-state index is -3.93. The highest BCUT2D eigenvalue weighted by Gasteiger charge is 2.28. The van der Waals surface area contributed by atoms with Crippen molar-refractivity contribution < 1.29 is 22.7 Å². The fourth-order valence-corrected chi connectivity index (χ4v) is 5.69. The first kappa shape index (κ1) is 24.3. The van der Waals surface area contributed by atoms with E-state index in [2.05, 4.69) is 6.58 Å². The van der Waals surface area contributed by atoms with Crippen molar-refractivity contribution in [3.05, 3.63) is 88.1 Å². The minimum Gasteiger partial charge on any atom is -0.454 e. The molecule has 1 aliphatic heterocycles. The smallest absolute Gasteiger partial charge is 0.243 e. The van der Waals surface area contributed by atoms with Gasteiger partial charge in [0, 0.05) is 23.0 Å². The van der Waals surface area contributed by atoms with Crippen molar-refractivity contribution >= 4 is 38.9 Å². The van der Waals surface area contributed by atoms with Gasteiger partial charge < -0.3 is 14.4 Å². The molecular formula is C24H23ClN2O5S2. The van der Waals surface area contributed by atoms with Gasteiger partial charge >= 0.3 is 0 Å². The molecule has 1 aliphatic rings. The molecule has 1 aromatic heterocycles. The third-order valence-corrected chi connectivity index (χ3v) is 8.12. The third-order valence-electron chi connectivity index (χ3n) is 5.19. The summed E-state index contributed by atoms with van der Waals surface area (Å²) in [4.78, 5) is 16.1. The van der Waals surface area contributed by atoms with E-state index < -0.39 is 10.0 Å². The summed E-state index contributed by atoms with van der Waals surface area (Å²) in [5.74, 6) is 0.955. The lowest BCUT2D eigenvalue weighted by Crippen LogP contribution is -2.42. The first-order valence-electron chi connectivity index (χ1n) is 10.4. The molecule has 34 heavy (non-hydrogen) atoms. The number of carbonyl (C=O) groups excluding carboxylic acids is 1. The summed E-state index contributed by atoms with van der Waals surface area (Å²) in [5, 5.41) is 2.37. The van der Waals surface area contributed by atoms with Crippen LogP contribution in [0.1, 0.15) is 10.4 Å². The molecule has 2 aromatic carbocycles. The molecule has 0 unspecified atom stereocenters. The molecule has 7 nitrogen and oxygen atoms in total. The zero-order chi connectivity index (χ0) is 24.1. The molecule has 3 aromatic rings. The summed E-state index contributed by atoms with van der Waals surface area (Å²) in [6.45, 7) is 4.13. The highest BCUT2D eigenvalue weighted by atomic mass is 35.5. The zero-order valence-electron chi connectivity index (χ0n) is 18.2. The van der Waals surface area contributed by atoms with E-state index in [4.69, 9.17) is 21.1 Å². The van der Waals surface area contributed by atoms with Crippen molar-refractivity contribution in [1.82, 2.24) is 9.21 Å². The van der Waals surface area contributed by atoms with E-state index in [0.29, 0.717) is 23.1 Å². The van der Waals surface area contributed by atoms with Crippen LogP contribution in [0.15, 0.2) is 77.5 Å². The number of thiophene rings is 1. The number of fused-ring (bicyclic) bond motifs is 1. The molecule has 0 saturated carbocycles. The first-order chi connectivity index (χ1) is 16.4. The first-order valence-corrected chi connectivity index (χ1v) is 13.1. The molecule has 0 radical (unpaired) electrons. The van der Waals surface area contributed by atoms with Gasteiger partial charge in [-0.05, 0) is 53.4 Å². The van der Waals surface area contributed by atoms with Gasteiger partial charge in [0.05, 0.1) is 18.0 Å². The predicted octanol–water partition coefficient (Wildman–Crippen LogP) is 4.54. The number of rotatable bonds is 10. The number of hydrogen-bond acceptors (Lipinski definition) is 6. The maximum atomic E-state index is 13.4. The Morgan fingerprint density at radius 1 is 1.09 bits per heavy atom. The van der Waals surface area contributed by atoms with Gasteiger partial charge in [-0.25, -0.2) is 8.42 Å². The topological polar surface area (TPSA) is 76.2 Å². The predicted molar refractivity (Wildman–Crippen MR) is 132 cm³/mol. The SMILES string of the molecule is C=CCN(CC(=O)N(Cc1ccc2c(c1)OCO2)Cc1cccs1)S(=O)(=O)c1ccc(Cl)cc1. The molecule has 0 N–H and O–H groups in total. The number of ether oxygens (including phenoxy) is 2. The lowest BCUT2D eigenvalue weighted by atomic mass is 10.2. The van der Waals surface area contributed by atoms with Gasteiger partial charge in [0.2, 0.25) is 22.7 Å². The van der Waals surface area contributed by atoms with Crippen molar-refractivity contribution in [2.24, 2.45) is 0 Å². The Labute approximate surface area is 207 Å². The Morgan fingerprint density at radius 2 is 1.85 bits per heavy atom. The Kier molecular flexibility index (Phi) is 7.57. The number of nitrogens with zero attached hydrogens (tertiary/aromatic N) is 2. The molecule has 0 atom stereocenters. The minimum absolute atomic E-state index is 0.00638. The van der Waals surface area contributed by atoms with Crippen molar-refractivity contribution in [3.8, 4) is 11.5 Å². The monoisotopic (exact) mass is 518 g/mol. The fourth-order valence-electron chi connectivity index (χ4n) is 3.48. The maximum absolute atomic E-state index is 13.4. The van der Waals surface area contributed by atoms with Crippen LogP contribution in [0.4, 0.5) is 0 Å². The van der Waals surface area contributed by atoms with Gasteiger partial charge in [0.25, 0.3) is 0 Å². The summed E-state index contributed by atoms with van der Waals surface area (Å²) in [5.41, 5.74) is 0.852. The van der Waals surface area contributed by atoms with Crippen LogP contribution >= 0.6 is 22.9 Å². The Balaban J connectivity index is 1.57. The van der Waals surface area contributed by atoms with Crippen LogP contribution in [-0.4, -0.2) is 43.4 Å². The summed E-state index contributed by atoms with van der Waals surface area (Å²) < 4.78 is 38.4. The summed E-state index contributed by atoms with van der Waals surface area (Å²) in [6, 6.07) is 15.2. The van der Waals surface area contributed by atoms with Crippen LogP contribution < -0.4 is 9.47 Å². The van der Waals surface area contributed by atoms with Gasteiger partial charge in [-0.15, -0.1) is 17.9 Å². The van der Waals surface area contributed by atoms with E-state index in [1.165, 1.54) is 41.7 Å². The lowest BCUT2D eigenvalue weighted by Gasteiger charge is -2.27. The van der Waals surface area contributed by atoms with Crippen LogP contribution in [0.5, 0.6) is 11.5 Å². The van der Waals surface area contributed by atoms with Crippen molar-refractivity contribution in [2.75, 3.05) is 19.9 Å². The van der Waals surface area contributed by atoms with E-state index in [-0.39, 0.29) is 37.2 Å². The average molecular weight is 519 g/mol. The molecule has 0 aliphatic carbocycles. The number of halogens is 1. The van der Waals surface area contributed by atoms with Crippen LogP contribution in [0.3, 0.4) is 0 Å². The van der Waals surface area contributed by atoms with Gasteiger partial charge in [-0.3, -0.25) is 4.79 Å². The van der Waals surface area contributed by atoms with Crippen LogP contribution in [0.2, 0.25) is 5.02 Å². The van der Waals surface area contributed by atoms with Crippen molar-refractivity contribution in [1.29, 1.82) is 0 Å². The highest BCUT2D eigenvalue weighted by Crippen LogP contribution is 2.33. The second-order valence-electron chi connectivity index (χ2n) is 7.56. The summed E-state index contributed by atoms with van der Waals surface area (Å²) in [7, 11) is -3.93. The van der Waals surface area contributed by atoms with Crippen LogP contribution in [-0.2, 0) is 27.9 Å². The van der Waals surface area contributed by atoms with Gasteiger partial charge in [0.15, 0.2) is 11.5 Å². The van der Waals surface area contributed by atoms with Gasteiger partial charge in [-0.1, -0.05) is 29.8 Å². The Morgan fingerprint density at radius 3 is 2.56 bits per heavy atom. The molecule has 10 heteroatoms. The van der Waals surface area contributed by atoms with Crippen molar-refractivity contribution in [3.63, 3.8) is 0 Å². The lowest BCUT2D eigenvalue weighted by molar-refractivity contribution is -0.132. The number of hydrogen-bond donors (Lipinski definition) is 0. The number of amides is 1. The van der Waals surface area contributed by atoms with E-state index >= 15 is 0 Å². The molecular weight excluding hydrogens is 496 g/mol. The standard InChI is InChI=1S/C24H23ClN2O5S2/c1-2-11-27(34(29,30)21-8-6-19(25)7-9-21)16-24(28)26(15-20-4-3-12-33-20)14-18-5-10-22-23(13-18)32-17-31-22/h2-10,12-13H,1,11,14-17H2. The largest absolute Gasteiger partial charge is 0.454 e. The zero-order valence-corrected chi connectivity index (χ0v) is 20.6. The molecule has 1 amide bonds.